The number of nitrogens with zero attached hydrogens (tertiary/aromatic N) is 2. The smallest absolute Gasteiger partial charge is 0.261 e. The van der Waals surface area contributed by atoms with Crippen molar-refractivity contribution in [3.05, 3.63) is 29.3 Å². The van der Waals surface area contributed by atoms with Gasteiger partial charge in [-0.3, -0.25) is 14.5 Å². The molecule has 1 saturated carbocycles. The zero-order valence-electron chi connectivity index (χ0n) is 14.0. The van der Waals surface area contributed by atoms with Crippen LogP contribution in [-0.4, -0.2) is 49.6 Å². The molecule has 6 nitrogen and oxygen atoms in total. The summed E-state index contributed by atoms with van der Waals surface area (Å²) in [5.74, 6) is -0.847. The Morgan fingerprint density at radius 2 is 1.58 bits per heavy atom. The molecule has 2 aliphatic rings. The molecule has 1 aromatic carbocycles. The Hall–Kier alpha value is -1.73. The number of benzene rings is 1. The standard InChI is InChI=1S/C17H22N2O4S/c1-18-16(20)14-10-9-13(11-15(14)17(18)21)24(22,23)19(2)12-7-5-3-4-6-8-12/h9-12H,3-8H2,1-2H3. The van der Waals surface area contributed by atoms with E-state index in [2.05, 4.69) is 0 Å². The molecule has 1 aliphatic carbocycles. The minimum Gasteiger partial charge on any atom is -0.277 e. The van der Waals surface area contributed by atoms with E-state index < -0.39 is 21.8 Å². The van der Waals surface area contributed by atoms with Crippen LogP contribution in [0.25, 0.3) is 0 Å². The molecule has 1 aromatic rings. The van der Waals surface area contributed by atoms with Crippen molar-refractivity contribution < 1.29 is 18.0 Å². The van der Waals surface area contributed by atoms with Gasteiger partial charge in [-0.1, -0.05) is 25.7 Å². The van der Waals surface area contributed by atoms with Gasteiger partial charge in [-0.25, -0.2) is 8.42 Å². The van der Waals surface area contributed by atoms with E-state index in [1.165, 1.54) is 29.6 Å². The third kappa shape index (κ3) is 2.75. The number of hydrogen-bond acceptors (Lipinski definition) is 4. The quantitative estimate of drug-likeness (QED) is 0.619. The van der Waals surface area contributed by atoms with Crippen LogP contribution in [0.3, 0.4) is 0 Å². The number of hydrogen-bond donors (Lipinski definition) is 0. The number of carbonyl (C=O) groups is 2. The van der Waals surface area contributed by atoms with Crippen molar-refractivity contribution in [1.82, 2.24) is 9.21 Å². The fourth-order valence-electron chi connectivity index (χ4n) is 3.48. The number of fused-ring (bicyclic) bond motifs is 1. The Labute approximate surface area is 142 Å². The SMILES string of the molecule is CN1C(=O)c2ccc(S(=O)(=O)N(C)C3CCCCCC3)cc2C1=O. The van der Waals surface area contributed by atoms with Crippen LogP contribution in [0.2, 0.25) is 0 Å². The fraction of sp³-hybridized carbons (Fsp3) is 0.529. The molecule has 24 heavy (non-hydrogen) atoms. The highest BCUT2D eigenvalue weighted by molar-refractivity contribution is 7.89. The summed E-state index contributed by atoms with van der Waals surface area (Å²) in [6, 6.07) is 4.19. The first-order valence-corrected chi connectivity index (χ1v) is 9.72. The van der Waals surface area contributed by atoms with E-state index in [1.807, 2.05) is 0 Å². The van der Waals surface area contributed by atoms with Gasteiger partial charge in [0.25, 0.3) is 11.8 Å². The molecule has 3 rings (SSSR count). The Bertz CT molecular complexity index is 780. The van der Waals surface area contributed by atoms with Gasteiger partial charge in [0.15, 0.2) is 0 Å². The summed E-state index contributed by atoms with van der Waals surface area (Å²) in [5, 5.41) is 0. The highest BCUT2D eigenvalue weighted by Crippen LogP contribution is 2.29. The Morgan fingerprint density at radius 3 is 2.21 bits per heavy atom. The maximum Gasteiger partial charge on any atom is 0.261 e. The summed E-state index contributed by atoms with van der Waals surface area (Å²) >= 11 is 0. The van der Waals surface area contributed by atoms with Crippen molar-refractivity contribution in [3.8, 4) is 0 Å². The second-order valence-corrected chi connectivity index (χ2v) is 8.54. The number of imide groups is 1. The van der Waals surface area contributed by atoms with Gasteiger partial charge in [-0.15, -0.1) is 0 Å². The van der Waals surface area contributed by atoms with E-state index in [4.69, 9.17) is 0 Å². The molecular formula is C17H22N2O4S. The predicted molar refractivity (Wildman–Crippen MR) is 89.3 cm³/mol. The first kappa shape index (κ1) is 17.1. The molecule has 0 bridgehead atoms. The van der Waals surface area contributed by atoms with Gasteiger partial charge in [0.2, 0.25) is 10.0 Å². The largest absolute Gasteiger partial charge is 0.277 e. The normalized spacial score (nSPS) is 19.7. The lowest BCUT2D eigenvalue weighted by Gasteiger charge is -2.26. The lowest BCUT2D eigenvalue weighted by molar-refractivity contribution is 0.0693. The summed E-state index contributed by atoms with van der Waals surface area (Å²) in [6.07, 6.45) is 6.08. The van der Waals surface area contributed by atoms with Crippen molar-refractivity contribution in [3.63, 3.8) is 0 Å². The molecular weight excluding hydrogens is 328 g/mol. The summed E-state index contributed by atoms with van der Waals surface area (Å²) < 4.78 is 27.3. The van der Waals surface area contributed by atoms with Gasteiger partial charge in [-0.05, 0) is 31.0 Å². The van der Waals surface area contributed by atoms with Crippen LogP contribution in [0.4, 0.5) is 0 Å². The van der Waals surface area contributed by atoms with E-state index in [-0.39, 0.29) is 22.1 Å². The maximum atomic E-state index is 12.9. The second kappa shape index (κ2) is 6.29. The molecule has 0 aromatic heterocycles. The van der Waals surface area contributed by atoms with Crippen LogP contribution >= 0.6 is 0 Å². The van der Waals surface area contributed by atoms with Crippen molar-refractivity contribution in [1.29, 1.82) is 0 Å². The van der Waals surface area contributed by atoms with Crippen molar-refractivity contribution in [2.75, 3.05) is 14.1 Å². The van der Waals surface area contributed by atoms with Crippen LogP contribution in [0.15, 0.2) is 23.1 Å². The zero-order chi connectivity index (χ0) is 17.5. The lowest BCUT2D eigenvalue weighted by Crippen LogP contribution is -2.36. The Morgan fingerprint density at radius 1 is 1.00 bits per heavy atom. The maximum absolute atomic E-state index is 12.9. The zero-order valence-corrected chi connectivity index (χ0v) is 14.8. The van der Waals surface area contributed by atoms with E-state index in [0.29, 0.717) is 0 Å². The van der Waals surface area contributed by atoms with Crippen LogP contribution in [-0.2, 0) is 10.0 Å². The van der Waals surface area contributed by atoms with Crippen LogP contribution in [0, 0.1) is 0 Å². The van der Waals surface area contributed by atoms with Crippen molar-refractivity contribution >= 4 is 21.8 Å². The molecule has 2 amide bonds. The molecule has 0 radical (unpaired) electrons. The molecule has 0 N–H and O–H groups in total. The monoisotopic (exact) mass is 350 g/mol. The molecule has 0 spiro atoms. The molecule has 1 fully saturated rings. The van der Waals surface area contributed by atoms with Crippen molar-refractivity contribution in [2.45, 2.75) is 49.5 Å². The predicted octanol–water partition coefficient (Wildman–Crippen LogP) is 2.26. The average molecular weight is 350 g/mol. The summed E-state index contributed by atoms with van der Waals surface area (Å²) in [7, 11) is -0.675. The van der Waals surface area contributed by atoms with Gasteiger partial charge in [0.1, 0.15) is 0 Å². The van der Waals surface area contributed by atoms with Crippen LogP contribution < -0.4 is 0 Å². The highest BCUT2D eigenvalue weighted by atomic mass is 32.2. The van der Waals surface area contributed by atoms with Crippen LogP contribution in [0.5, 0.6) is 0 Å². The average Bonchev–Trinajstić information content (AvgIpc) is 2.80. The topological polar surface area (TPSA) is 74.8 Å². The minimum absolute atomic E-state index is 0.00855. The summed E-state index contributed by atoms with van der Waals surface area (Å²) in [4.78, 5) is 25.1. The van der Waals surface area contributed by atoms with E-state index in [1.54, 1.807) is 7.05 Å². The minimum atomic E-state index is -3.68. The van der Waals surface area contributed by atoms with Crippen molar-refractivity contribution in [2.24, 2.45) is 0 Å². The van der Waals surface area contributed by atoms with Crippen LogP contribution in [0.1, 0.15) is 59.2 Å². The summed E-state index contributed by atoms with van der Waals surface area (Å²) in [5.41, 5.74) is 0.427. The van der Waals surface area contributed by atoms with Gasteiger partial charge in [-0.2, -0.15) is 4.31 Å². The molecule has 1 heterocycles. The number of rotatable bonds is 3. The lowest BCUT2D eigenvalue weighted by atomic mass is 10.1. The number of carbonyl (C=O) groups excluding carboxylic acids is 2. The van der Waals surface area contributed by atoms with E-state index in [9.17, 15) is 18.0 Å². The fourth-order valence-corrected chi connectivity index (χ4v) is 4.93. The number of sulfonamides is 1. The third-order valence-electron chi connectivity index (χ3n) is 5.08. The third-order valence-corrected chi connectivity index (χ3v) is 6.98. The van der Waals surface area contributed by atoms with Gasteiger partial charge in [0.05, 0.1) is 16.0 Å². The Kier molecular flexibility index (Phi) is 4.48. The molecule has 0 saturated heterocycles. The molecule has 1 aliphatic heterocycles. The number of amides is 2. The Balaban J connectivity index is 1.93. The molecule has 7 heteroatoms. The second-order valence-electron chi connectivity index (χ2n) is 6.54. The van der Waals surface area contributed by atoms with Gasteiger partial charge in [0, 0.05) is 20.1 Å². The molecule has 0 atom stereocenters. The van der Waals surface area contributed by atoms with Gasteiger partial charge < -0.3 is 0 Å². The summed E-state index contributed by atoms with van der Waals surface area (Å²) in [6.45, 7) is 0. The van der Waals surface area contributed by atoms with E-state index in [0.717, 1.165) is 43.4 Å². The first-order valence-electron chi connectivity index (χ1n) is 8.28. The highest BCUT2D eigenvalue weighted by Gasteiger charge is 2.35. The van der Waals surface area contributed by atoms with Gasteiger partial charge >= 0.3 is 0 Å². The first-order chi connectivity index (χ1) is 11.3. The molecule has 130 valence electrons. The van der Waals surface area contributed by atoms with E-state index >= 15 is 0 Å². The molecule has 0 unspecified atom stereocenters.